The van der Waals surface area contributed by atoms with E-state index in [1.165, 1.54) is 0 Å². The van der Waals surface area contributed by atoms with Gasteiger partial charge in [0.1, 0.15) is 0 Å². The van der Waals surface area contributed by atoms with E-state index in [2.05, 4.69) is 5.32 Å². The summed E-state index contributed by atoms with van der Waals surface area (Å²) < 4.78 is 5.03. The molecule has 0 spiro atoms. The summed E-state index contributed by atoms with van der Waals surface area (Å²) >= 11 is 4.76. The molecule has 88 valence electrons. The number of rotatable bonds is 6. The molecular weight excluding hydrogens is 212 g/mol. The molecule has 0 aromatic carbocycles. The van der Waals surface area contributed by atoms with Gasteiger partial charge in [0, 0.05) is 7.11 Å². The Bertz CT molecular complexity index is 231. The molecule has 3 N–H and O–H groups in total. The third-order valence-corrected chi connectivity index (χ3v) is 2.65. The number of carbonyl (C=O) groups excluding carboxylic acids is 1. The van der Waals surface area contributed by atoms with Crippen LogP contribution in [0.15, 0.2) is 0 Å². The van der Waals surface area contributed by atoms with Crippen LogP contribution in [0.2, 0.25) is 0 Å². The quantitative estimate of drug-likeness (QED) is 0.662. The predicted octanol–water partition coefficient (Wildman–Crippen LogP) is 0.696. The molecule has 0 rings (SSSR count). The maximum absolute atomic E-state index is 11.6. The van der Waals surface area contributed by atoms with Crippen molar-refractivity contribution in [2.75, 3.05) is 13.7 Å². The molecular formula is C10H20N2O2S. The maximum atomic E-state index is 11.6. The minimum atomic E-state index is -0.432. The molecule has 0 bridgehead atoms. The largest absolute Gasteiger partial charge is 0.393 e. The van der Waals surface area contributed by atoms with Crippen molar-refractivity contribution in [2.45, 2.75) is 26.8 Å². The van der Waals surface area contributed by atoms with Gasteiger partial charge >= 0.3 is 0 Å². The zero-order valence-corrected chi connectivity index (χ0v) is 10.6. The Balaban J connectivity index is 4.28. The highest BCUT2D eigenvalue weighted by Crippen LogP contribution is 2.04. The lowest BCUT2D eigenvalue weighted by molar-refractivity contribution is -0.124. The lowest BCUT2D eigenvalue weighted by Gasteiger charge is -2.23. The third-order valence-electron chi connectivity index (χ3n) is 2.30. The number of thiocarbonyl (C=S) groups is 1. The van der Waals surface area contributed by atoms with Gasteiger partial charge in [-0.1, -0.05) is 26.1 Å². The van der Waals surface area contributed by atoms with Crippen LogP contribution in [0.1, 0.15) is 20.8 Å². The van der Waals surface area contributed by atoms with Crippen molar-refractivity contribution in [2.24, 2.45) is 17.6 Å². The fraction of sp³-hybridized carbons (Fsp3) is 0.800. The molecule has 0 heterocycles. The smallest absolute Gasteiger partial charge is 0.229 e. The first-order valence-electron chi connectivity index (χ1n) is 4.98. The SMILES string of the molecule is COCC(NC(=O)C(C)C(N)=S)C(C)C. The lowest BCUT2D eigenvalue weighted by Crippen LogP contribution is -2.46. The van der Waals surface area contributed by atoms with Crippen LogP contribution in [0, 0.1) is 11.8 Å². The zero-order valence-electron chi connectivity index (χ0n) is 9.74. The number of methoxy groups -OCH3 is 1. The van der Waals surface area contributed by atoms with Crippen LogP contribution in [0.4, 0.5) is 0 Å². The summed E-state index contributed by atoms with van der Waals surface area (Å²) in [5.74, 6) is -0.260. The molecule has 15 heavy (non-hydrogen) atoms. The van der Waals surface area contributed by atoms with Crippen LogP contribution < -0.4 is 11.1 Å². The van der Waals surface area contributed by atoms with Crippen molar-refractivity contribution in [3.63, 3.8) is 0 Å². The molecule has 5 heteroatoms. The Hall–Kier alpha value is -0.680. The molecule has 4 nitrogen and oxygen atoms in total. The Morgan fingerprint density at radius 1 is 1.47 bits per heavy atom. The summed E-state index contributed by atoms with van der Waals surface area (Å²) in [6.07, 6.45) is 0. The normalized spacial score (nSPS) is 14.7. The van der Waals surface area contributed by atoms with Crippen molar-refractivity contribution in [1.82, 2.24) is 5.32 Å². The molecule has 0 aliphatic heterocycles. The molecule has 1 amide bonds. The second-order valence-corrected chi connectivity index (χ2v) is 4.41. The molecule has 2 unspecified atom stereocenters. The number of nitrogens with two attached hydrogens (primary N) is 1. The summed E-state index contributed by atoms with van der Waals surface area (Å²) in [6.45, 7) is 6.24. The number of amides is 1. The summed E-state index contributed by atoms with van der Waals surface area (Å²) in [5, 5.41) is 2.87. The minimum Gasteiger partial charge on any atom is -0.393 e. The van der Waals surface area contributed by atoms with E-state index in [9.17, 15) is 4.79 Å². The Kier molecular flexibility index (Phi) is 6.43. The monoisotopic (exact) mass is 232 g/mol. The minimum absolute atomic E-state index is 0.000648. The third kappa shape index (κ3) is 5.09. The van der Waals surface area contributed by atoms with Crippen LogP contribution >= 0.6 is 12.2 Å². The number of hydrogen-bond acceptors (Lipinski definition) is 3. The predicted molar refractivity (Wildman–Crippen MR) is 64.6 cm³/mol. The lowest BCUT2D eigenvalue weighted by atomic mass is 10.0. The van der Waals surface area contributed by atoms with E-state index in [0.29, 0.717) is 12.5 Å². The van der Waals surface area contributed by atoms with Gasteiger partial charge in [-0.3, -0.25) is 4.79 Å². The van der Waals surface area contributed by atoms with Gasteiger partial charge in [-0.2, -0.15) is 0 Å². The molecule has 0 radical (unpaired) electrons. The zero-order chi connectivity index (χ0) is 12.0. The van der Waals surface area contributed by atoms with Gasteiger partial charge in [-0.25, -0.2) is 0 Å². The van der Waals surface area contributed by atoms with Crippen LogP contribution in [0.25, 0.3) is 0 Å². The topological polar surface area (TPSA) is 64.3 Å². The number of hydrogen-bond donors (Lipinski definition) is 2. The van der Waals surface area contributed by atoms with Crippen molar-refractivity contribution < 1.29 is 9.53 Å². The molecule has 2 atom stereocenters. The highest BCUT2D eigenvalue weighted by molar-refractivity contribution is 7.80. The van der Waals surface area contributed by atoms with Gasteiger partial charge in [0.2, 0.25) is 5.91 Å². The van der Waals surface area contributed by atoms with E-state index >= 15 is 0 Å². The Labute approximate surface area is 96.5 Å². The number of nitrogens with one attached hydrogen (secondary N) is 1. The average molecular weight is 232 g/mol. The van der Waals surface area contributed by atoms with E-state index in [1.807, 2.05) is 13.8 Å². The van der Waals surface area contributed by atoms with E-state index in [1.54, 1.807) is 14.0 Å². The first-order chi connectivity index (χ1) is 6.90. The Morgan fingerprint density at radius 3 is 2.33 bits per heavy atom. The van der Waals surface area contributed by atoms with Crippen LogP contribution in [-0.2, 0) is 9.53 Å². The van der Waals surface area contributed by atoms with Crippen molar-refractivity contribution in [3.05, 3.63) is 0 Å². The van der Waals surface area contributed by atoms with Crippen molar-refractivity contribution >= 4 is 23.1 Å². The molecule has 0 aromatic rings. The van der Waals surface area contributed by atoms with E-state index < -0.39 is 5.92 Å². The van der Waals surface area contributed by atoms with Gasteiger partial charge in [-0.15, -0.1) is 0 Å². The van der Waals surface area contributed by atoms with Crippen molar-refractivity contribution in [3.8, 4) is 0 Å². The molecule has 0 aliphatic rings. The summed E-state index contributed by atoms with van der Waals surface area (Å²) in [7, 11) is 1.61. The number of ether oxygens (including phenoxy) is 1. The fourth-order valence-electron chi connectivity index (χ4n) is 1.02. The molecule has 0 aliphatic carbocycles. The fourth-order valence-corrected chi connectivity index (χ4v) is 1.12. The second kappa shape index (κ2) is 6.74. The average Bonchev–Trinajstić information content (AvgIpc) is 2.15. The first kappa shape index (κ1) is 14.3. The van der Waals surface area contributed by atoms with E-state index in [4.69, 9.17) is 22.7 Å². The highest BCUT2D eigenvalue weighted by atomic mass is 32.1. The first-order valence-corrected chi connectivity index (χ1v) is 5.39. The molecule has 0 saturated heterocycles. The van der Waals surface area contributed by atoms with Gasteiger partial charge < -0.3 is 15.8 Å². The molecule has 0 saturated carbocycles. The maximum Gasteiger partial charge on any atom is 0.229 e. The van der Waals surface area contributed by atoms with E-state index in [-0.39, 0.29) is 16.9 Å². The molecule has 0 fully saturated rings. The Morgan fingerprint density at radius 2 is 2.00 bits per heavy atom. The second-order valence-electron chi connectivity index (χ2n) is 3.94. The van der Waals surface area contributed by atoms with E-state index in [0.717, 1.165) is 0 Å². The molecule has 0 aromatic heterocycles. The highest BCUT2D eigenvalue weighted by Gasteiger charge is 2.21. The van der Waals surface area contributed by atoms with Gasteiger partial charge in [0.15, 0.2) is 0 Å². The van der Waals surface area contributed by atoms with Crippen LogP contribution in [0.3, 0.4) is 0 Å². The van der Waals surface area contributed by atoms with Crippen LogP contribution in [0.5, 0.6) is 0 Å². The van der Waals surface area contributed by atoms with Crippen LogP contribution in [-0.4, -0.2) is 30.7 Å². The van der Waals surface area contributed by atoms with Gasteiger partial charge in [-0.05, 0) is 12.8 Å². The number of carbonyl (C=O) groups is 1. The summed E-state index contributed by atoms with van der Waals surface area (Å²) in [6, 6.07) is -0.000648. The van der Waals surface area contributed by atoms with Crippen molar-refractivity contribution in [1.29, 1.82) is 0 Å². The summed E-state index contributed by atoms with van der Waals surface area (Å²) in [5.41, 5.74) is 5.40. The standard InChI is InChI=1S/C10H20N2O2S/c1-6(2)8(5-14-4)12-10(13)7(3)9(11)15/h6-8H,5H2,1-4H3,(H2,11,15)(H,12,13). The van der Waals surface area contributed by atoms with Gasteiger partial charge in [0.05, 0.1) is 23.6 Å². The van der Waals surface area contributed by atoms with Gasteiger partial charge in [0.25, 0.3) is 0 Å². The summed E-state index contributed by atoms with van der Waals surface area (Å²) in [4.78, 5) is 11.9.